The van der Waals surface area contributed by atoms with E-state index in [1.54, 1.807) is 67.9 Å². The molecule has 0 saturated heterocycles. The number of halogens is 2. The maximum atomic E-state index is 14.4. The van der Waals surface area contributed by atoms with Gasteiger partial charge < -0.3 is 37.9 Å². The van der Waals surface area contributed by atoms with Crippen molar-refractivity contribution in [1.82, 2.24) is 0 Å². The Balaban J connectivity index is 0.000000241. The molecule has 0 saturated carbocycles. The van der Waals surface area contributed by atoms with Crippen LogP contribution in [0, 0.1) is 11.6 Å². The highest BCUT2D eigenvalue weighted by molar-refractivity contribution is 7.91. The molecule has 0 N–H and O–H groups in total. The zero-order valence-electron chi connectivity index (χ0n) is 37.9. The van der Waals surface area contributed by atoms with Crippen LogP contribution in [0.2, 0.25) is 0 Å². The Kier molecular flexibility index (Phi) is 14.2. The monoisotopic (exact) mass is 932 g/mol. The fraction of sp³-hybridized carbons (Fsp3) is 0.435. The fourth-order valence-corrected chi connectivity index (χ4v) is 8.45. The van der Waals surface area contributed by atoms with Crippen LogP contribution in [-0.2, 0) is 51.5 Å². The van der Waals surface area contributed by atoms with Crippen molar-refractivity contribution in [2.45, 2.75) is 100 Å². The SMILES string of the molecule is COCC1(C)Cc2c(Oc3cc(F)ccc3S(C)(=O)=O)cc(C(=O)OC(C)(C)C)cc2O1.COCC1(C)Cc2c(Oc3ccc(S(C)(=O)=O)c(F)c3)cc(C(=O)OC(C)(C)C)cc2O1. The van der Waals surface area contributed by atoms with Gasteiger partial charge in [-0.15, -0.1) is 0 Å². The van der Waals surface area contributed by atoms with Gasteiger partial charge in [0.15, 0.2) is 19.7 Å². The largest absolute Gasteiger partial charge is 0.484 e. The van der Waals surface area contributed by atoms with Gasteiger partial charge in [-0.1, -0.05) is 0 Å². The highest BCUT2D eigenvalue weighted by atomic mass is 32.2. The third-order valence-electron chi connectivity index (χ3n) is 9.37. The number of rotatable bonds is 12. The molecule has 64 heavy (non-hydrogen) atoms. The van der Waals surface area contributed by atoms with Crippen LogP contribution in [0.1, 0.15) is 87.2 Å². The third kappa shape index (κ3) is 12.5. The summed E-state index contributed by atoms with van der Waals surface area (Å²) in [7, 11) is -4.31. The molecule has 2 aliphatic rings. The third-order valence-corrected chi connectivity index (χ3v) is 11.6. The van der Waals surface area contributed by atoms with Crippen molar-refractivity contribution in [3.05, 3.63) is 94.6 Å². The van der Waals surface area contributed by atoms with Crippen LogP contribution in [0.5, 0.6) is 34.5 Å². The number of hydrogen-bond donors (Lipinski definition) is 0. The van der Waals surface area contributed by atoms with E-state index in [-0.39, 0.29) is 45.6 Å². The Labute approximate surface area is 372 Å². The molecule has 0 spiro atoms. The lowest BCUT2D eigenvalue weighted by Crippen LogP contribution is -2.35. The van der Waals surface area contributed by atoms with E-state index in [0.717, 1.165) is 42.8 Å². The first-order valence-electron chi connectivity index (χ1n) is 19.9. The second kappa shape index (κ2) is 18.3. The van der Waals surface area contributed by atoms with Gasteiger partial charge in [0.2, 0.25) is 0 Å². The summed E-state index contributed by atoms with van der Waals surface area (Å²) in [6, 6.07) is 12.8. The van der Waals surface area contributed by atoms with E-state index >= 15 is 0 Å². The standard InChI is InChI=1S/2C23H27FO7S/c1-22(2,3)31-21(25)14-9-18(16-12-23(4,13-28-5)30-19(16)10-14)29-15-7-8-20(17(24)11-15)32(6,26)27;1-22(2,3)31-21(25)14-9-17(16-12-23(4,13-28-5)30-18(16)10-14)29-19-11-15(24)7-8-20(19)32(6,26)27/h2*7-11H,12-13H2,1-6H3. The lowest BCUT2D eigenvalue weighted by molar-refractivity contribution is 0.00545. The molecule has 4 aromatic rings. The van der Waals surface area contributed by atoms with Crippen molar-refractivity contribution in [2.75, 3.05) is 39.9 Å². The lowest BCUT2D eigenvalue weighted by Gasteiger charge is -2.22. The van der Waals surface area contributed by atoms with Gasteiger partial charge in [0.1, 0.15) is 78.3 Å². The molecule has 18 heteroatoms. The van der Waals surface area contributed by atoms with E-state index < -0.39 is 70.5 Å². The minimum Gasteiger partial charge on any atom is -0.484 e. The number of carbonyl (C=O) groups is 2. The molecule has 0 amide bonds. The van der Waals surface area contributed by atoms with Crippen LogP contribution in [-0.4, -0.2) is 91.1 Å². The summed E-state index contributed by atoms with van der Waals surface area (Å²) in [5.74, 6) is -1.55. The first-order chi connectivity index (χ1) is 29.4. The highest BCUT2D eigenvalue weighted by Gasteiger charge is 2.40. The molecule has 0 aromatic heterocycles. The molecule has 0 fully saturated rings. The summed E-state index contributed by atoms with van der Waals surface area (Å²) >= 11 is 0. The number of esters is 2. The Bertz CT molecular complexity index is 2670. The van der Waals surface area contributed by atoms with Crippen molar-refractivity contribution in [3.63, 3.8) is 0 Å². The zero-order valence-corrected chi connectivity index (χ0v) is 39.5. The van der Waals surface area contributed by atoms with Gasteiger partial charge in [-0.3, -0.25) is 0 Å². The zero-order chi connectivity index (χ0) is 47.8. The van der Waals surface area contributed by atoms with Crippen molar-refractivity contribution in [1.29, 1.82) is 0 Å². The average Bonchev–Trinajstić information content (AvgIpc) is 3.65. The number of methoxy groups -OCH3 is 2. The van der Waals surface area contributed by atoms with E-state index in [1.807, 2.05) is 13.8 Å². The first-order valence-corrected chi connectivity index (χ1v) is 23.7. The van der Waals surface area contributed by atoms with E-state index in [4.69, 9.17) is 37.9 Å². The van der Waals surface area contributed by atoms with Crippen LogP contribution in [0.15, 0.2) is 70.5 Å². The Morgan fingerprint density at radius 1 is 0.625 bits per heavy atom. The molecule has 2 atom stereocenters. The number of sulfone groups is 2. The second-order valence-electron chi connectivity index (χ2n) is 18.2. The van der Waals surface area contributed by atoms with E-state index in [9.17, 15) is 35.2 Å². The summed E-state index contributed by atoms with van der Waals surface area (Å²) in [6.07, 6.45) is 2.75. The van der Waals surface area contributed by atoms with Gasteiger partial charge in [0.25, 0.3) is 0 Å². The molecule has 14 nitrogen and oxygen atoms in total. The Morgan fingerprint density at radius 2 is 1.06 bits per heavy atom. The first kappa shape index (κ1) is 49.7. The van der Waals surface area contributed by atoms with Crippen LogP contribution >= 0.6 is 0 Å². The van der Waals surface area contributed by atoms with Crippen molar-refractivity contribution in [3.8, 4) is 34.5 Å². The van der Waals surface area contributed by atoms with Crippen LogP contribution in [0.3, 0.4) is 0 Å². The molecule has 0 bridgehead atoms. The van der Waals surface area contributed by atoms with Crippen molar-refractivity contribution >= 4 is 31.6 Å². The van der Waals surface area contributed by atoms with Crippen molar-refractivity contribution in [2.24, 2.45) is 0 Å². The summed E-state index contributed by atoms with van der Waals surface area (Å²) in [6.45, 7) is 14.8. The average molecular weight is 933 g/mol. The minimum atomic E-state index is -3.72. The van der Waals surface area contributed by atoms with Crippen LogP contribution < -0.4 is 18.9 Å². The minimum absolute atomic E-state index is 0.0822. The Hall–Kier alpha value is -5.30. The summed E-state index contributed by atoms with van der Waals surface area (Å²) in [5.41, 5.74) is -1.15. The molecule has 0 radical (unpaired) electrons. The normalized spacial score (nSPS) is 18.1. The highest BCUT2D eigenvalue weighted by Crippen LogP contribution is 2.46. The topological polar surface area (TPSA) is 176 Å². The smallest absolute Gasteiger partial charge is 0.338 e. The molecule has 2 unspecified atom stereocenters. The van der Waals surface area contributed by atoms with Crippen LogP contribution in [0.4, 0.5) is 8.78 Å². The van der Waals surface area contributed by atoms with Gasteiger partial charge in [-0.05, 0) is 104 Å². The molecule has 0 aliphatic carbocycles. The molecule has 2 aliphatic heterocycles. The predicted octanol–water partition coefficient (Wildman–Crippen LogP) is 8.63. The molecule has 348 valence electrons. The predicted molar refractivity (Wildman–Crippen MR) is 232 cm³/mol. The van der Waals surface area contributed by atoms with Crippen LogP contribution in [0.25, 0.3) is 0 Å². The quantitative estimate of drug-likeness (QED) is 0.0974. The van der Waals surface area contributed by atoms with Gasteiger partial charge in [0, 0.05) is 62.8 Å². The van der Waals surface area contributed by atoms with Gasteiger partial charge in [0.05, 0.1) is 24.3 Å². The number of hydrogen-bond acceptors (Lipinski definition) is 14. The maximum Gasteiger partial charge on any atom is 0.338 e. The summed E-state index contributed by atoms with van der Waals surface area (Å²) < 4.78 is 121. The number of ether oxygens (including phenoxy) is 8. The van der Waals surface area contributed by atoms with E-state index in [0.29, 0.717) is 42.1 Å². The Morgan fingerprint density at radius 3 is 1.47 bits per heavy atom. The lowest BCUT2D eigenvalue weighted by atomic mass is 9.98. The fourth-order valence-electron chi connectivity index (χ4n) is 6.94. The van der Waals surface area contributed by atoms with Crippen molar-refractivity contribution < 1.29 is 73.1 Å². The molecule has 6 rings (SSSR count). The number of carbonyl (C=O) groups excluding carboxylic acids is 2. The molecule has 4 aromatic carbocycles. The van der Waals surface area contributed by atoms with Gasteiger partial charge in [-0.2, -0.15) is 0 Å². The molecular weight excluding hydrogens is 879 g/mol. The number of fused-ring (bicyclic) bond motifs is 2. The summed E-state index contributed by atoms with van der Waals surface area (Å²) in [5, 5.41) is 0. The van der Waals surface area contributed by atoms with E-state index in [1.165, 1.54) is 18.2 Å². The molecular formula is C46H54F2O14S2. The van der Waals surface area contributed by atoms with E-state index in [2.05, 4.69) is 0 Å². The maximum absolute atomic E-state index is 14.4. The molecule has 2 heterocycles. The summed E-state index contributed by atoms with van der Waals surface area (Å²) in [4.78, 5) is 24.8. The van der Waals surface area contributed by atoms with Gasteiger partial charge in [-0.25, -0.2) is 35.2 Å². The number of benzene rings is 4. The van der Waals surface area contributed by atoms with Gasteiger partial charge >= 0.3 is 11.9 Å². The second-order valence-corrected chi connectivity index (χ2v) is 22.1.